The summed E-state index contributed by atoms with van der Waals surface area (Å²) < 4.78 is 53.0. The number of nitrogens with one attached hydrogen (secondary N) is 1. The van der Waals surface area contributed by atoms with Crippen molar-refractivity contribution in [1.82, 2.24) is 10.2 Å². The summed E-state index contributed by atoms with van der Waals surface area (Å²) in [5.41, 5.74) is 7.76. The van der Waals surface area contributed by atoms with Gasteiger partial charge in [-0.2, -0.15) is 0 Å². The summed E-state index contributed by atoms with van der Waals surface area (Å²) in [6, 6.07) is 12.5. The van der Waals surface area contributed by atoms with Crippen molar-refractivity contribution in [2.45, 2.75) is 19.1 Å². The number of hydrogen-bond acceptors (Lipinski definition) is 6. The molecule has 1 aliphatic rings. The number of nitrogens with two attached hydrogens (primary N) is 1. The van der Waals surface area contributed by atoms with Gasteiger partial charge in [-0.15, -0.1) is 13.2 Å². The molecule has 1 aliphatic heterocycles. The van der Waals surface area contributed by atoms with E-state index in [1.165, 1.54) is 18.2 Å². The molecule has 0 spiro atoms. The van der Waals surface area contributed by atoms with E-state index in [-0.39, 0.29) is 18.1 Å². The van der Waals surface area contributed by atoms with Gasteiger partial charge in [-0.05, 0) is 29.8 Å². The zero-order valence-electron chi connectivity index (χ0n) is 16.1. The van der Waals surface area contributed by atoms with Gasteiger partial charge in [0.25, 0.3) is 0 Å². The van der Waals surface area contributed by atoms with Gasteiger partial charge in [-0.1, -0.05) is 29.8 Å². The van der Waals surface area contributed by atoms with E-state index in [1.807, 2.05) is 12.1 Å². The van der Waals surface area contributed by atoms with Crippen LogP contribution >= 0.6 is 11.6 Å². The molecule has 1 atom stereocenters. The third kappa shape index (κ3) is 6.19. The lowest BCUT2D eigenvalue weighted by Gasteiger charge is -2.32. The van der Waals surface area contributed by atoms with E-state index in [1.54, 1.807) is 24.1 Å². The molecule has 0 saturated heterocycles. The second-order valence-electron chi connectivity index (χ2n) is 6.61. The van der Waals surface area contributed by atoms with Crippen molar-refractivity contribution < 1.29 is 27.4 Å². The number of halogens is 4. The lowest BCUT2D eigenvalue weighted by Crippen LogP contribution is -2.44. The molecule has 10 heteroatoms. The van der Waals surface area contributed by atoms with E-state index in [9.17, 15) is 13.2 Å². The first-order chi connectivity index (χ1) is 14.2. The Morgan fingerprint density at radius 3 is 2.60 bits per heavy atom. The van der Waals surface area contributed by atoms with Gasteiger partial charge < -0.3 is 24.8 Å². The molecule has 0 fully saturated rings. The minimum absolute atomic E-state index is 0.180. The summed E-state index contributed by atoms with van der Waals surface area (Å²) in [7, 11) is 1.77. The van der Waals surface area contributed by atoms with Crippen LogP contribution in [0.4, 0.5) is 13.2 Å². The molecule has 1 heterocycles. The van der Waals surface area contributed by atoms with Crippen molar-refractivity contribution in [2.75, 3.05) is 20.4 Å². The summed E-state index contributed by atoms with van der Waals surface area (Å²) in [6.07, 6.45) is -5.54. The summed E-state index contributed by atoms with van der Waals surface area (Å²) >= 11 is 5.92. The Hall–Kier alpha value is -2.62. The summed E-state index contributed by atoms with van der Waals surface area (Å²) in [6.45, 7) is 0.947. The number of nitrogens with zero attached hydrogens (tertiary/aromatic N) is 1. The highest BCUT2D eigenvalue weighted by atomic mass is 35.5. The molecule has 3 rings (SSSR count). The largest absolute Gasteiger partial charge is 0.573 e. The van der Waals surface area contributed by atoms with Gasteiger partial charge in [0, 0.05) is 24.7 Å². The lowest BCUT2D eigenvalue weighted by molar-refractivity contribution is -0.274. The Bertz CT molecular complexity index is 891. The summed E-state index contributed by atoms with van der Waals surface area (Å²) in [5, 5.41) is 3.83. The highest BCUT2D eigenvalue weighted by Crippen LogP contribution is 2.27. The van der Waals surface area contributed by atoms with Gasteiger partial charge >= 0.3 is 6.36 Å². The van der Waals surface area contributed by atoms with E-state index in [0.717, 1.165) is 11.6 Å². The second-order valence-corrected chi connectivity index (χ2v) is 7.05. The maximum atomic E-state index is 12.5. The smallest absolute Gasteiger partial charge is 0.471 e. The Morgan fingerprint density at radius 1 is 1.20 bits per heavy atom. The maximum absolute atomic E-state index is 12.5. The van der Waals surface area contributed by atoms with E-state index in [2.05, 4.69) is 10.1 Å². The van der Waals surface area contributed by atoms with Crippen LogP contribution in [0.2, 0.25) is 5.02 Å². The number of benzene rings is 2. The fraction of sp³-hybridized carbons (Fsp3) is 0.300. The Balaban J connectivity index is 1.81. The first kappa shape index (κ1) is 22.1. The van der Waals surface area contributed by atoms with Crippen LogP contribution in [0.25, 0.3) is 0 Å². The molecular weight excluding hydrogens is 423 g/mol. The van der Waals surface area contributed by atoms with E-state index in [4.69, 9.17) is 26.8 Å². The van der Waals surface area contributed by atoms with E-state index >= 15 is 0 Å². The van der Waals surface area contributed by atoms with Crippen LogP contribution in [-0.2, 0) is 11.3 Å². The summed E-state index contributed by atoms with van der Waals surface area (Å²) in [5.74, 6) is 0.270. The molecule has 162 valence electrons. The van der Waals surface area contributed by atoms with Crippen molar-refractivity contribution in [2.24, 2.45) is 5.73 Å². The van der Waals surface area contributed by atoms with Crippen molar-refractivity contribution in [1.29, 1.82) is 0 Å². The first-order valence-corrected chi connectivity index (χ1v) is 9.37. The van der Waals surface area contributed by atoms with Gasteiger partial charge in [-0.25, -0.2) is 0 Å². The molecule has 0 radical (unpaired) electrons. The molecule has 2 aromatic carbocycles. The van der Waals surface area contributed by atoms with Gasteiger partial charge in [0.1, 0.15) is 24.1 Å². The highest BCUT2D eigenvalue weighted by molar-refractivity contribution is 6.30. The first-order valence-electron chi connectivity index (χ1n) is 8.99. The Morgan fingerprint density at radius 2 is 1.90 bits per heavy atom. The minimum atomic E-state index is -4.79. The molecule has 0 aromatic heterocycles. The Labute approximate surface area is 177 Å². The molecule has 0 bridgehead atoms. The van der Waals surface area contributed by atoms with Crippen molar-refractivity contribution in [3.63, 3.8) is 0 Å². The monoisotopic (exact) mass is 443 g/mol. The quantitative estimate of drug-likeness (QED) is 0.634. The van der Waals surface area contributed by atoms with Gasteiger partial charge in [0.2, 0.25) is 0 Å². The van der Waals surface area contributed by atoms with Crippen molar-refractivity contribution in [3.05, 3.63) is 70.5 Å². The number of hydrogen-bond donors (Lipinski definition) is 2. The SMILES string of the molecule is CN1COCC([C@H](NCc2ccc(Cl)cc2)Oc2cccc(OC(F)(F)F)c2)=C1N. The highest BCUT2D eigenvalue weighted by Gasteiger charge is 2.31. The predicted molar refractivity (Wildman–Crippen MR) is 106 cm³/mol. The molecule has 0 aliphatic carbocycles. The molecule has 0 unspecified atom stereocenters. The zero-order valence-corrected chi connectivity index (χ0v) is 16.8. The van der Waals surface area contributed by atoms with Crippen molar-refractivity contribution in [3.8, 4) is 11.5 Å². The third-order valence-electron chi connectivity index (χ3n) is 4.30. The topological polar surface area (TPSA) is 69.0 Å². The second kappa shape index (κ2) is 9.46. The van der Waals surface area contributed by atoms with Crippen LogP contribution in [0.1, 0.15) is 5.56 Å². The normalized spacial score (nSPS) is 15.8. The number of ether oxygens (including phenoxy) is 3. The lowest BCUT2D eigenvalue weighted by atomic mass is 10.2. The molecule has 0 saturated carbocycles. The molecule has 2 aromatic rings. The van der Waals surface area contributed by atoms with Crippen LogP contribution in [0.15, 0.2) is 59.9 Å². The molecule has 0 amide bonds. The predicted octanol–water partition coefficient (Wildman–Crippen LogP) is 3.82. The third-order valence-corrected chi connectivity index (χ3v) is 4.55. The van der Waals surface area contributed by atoms with E-state index in [0.29, 0.717) is 29.7 Å². The van der Waals surface area contributed by atoms with Crippen LogP contribution < -0.4 is 20.5 Å². The average molecular weight is 444 g/mol. The molecular formula is C20H21ClF3N3O3. The van der Waals surface area contributed by atoms with E-state index < -0.39 is 12.6 Å². The van der Waals surface area contributed by atoms with Gasteiger partial charge in [-0.3, -0.25) is 5.32 Å². The van der Waals surface area contributed by atoms with Crippen LogP contribution in [0.3, 0.4) is 0 Å². The zero-order chi connectivity index (χ0) is 21.7. The number of rotatable bonds is 7. The average Bonchev–Trinajstić information content (AvgIpc) is 2.68. The molecule has 30 heavy (non-hydrogen) atoms. The summed E-state index contributed by atoms with van der Waals surface area (Å²) in [4.78, 5) is 1.71. The maximum Gasteiger partial charge on any atom is 0.573 e. The Kier molecular flexibility index (Phi) is 6.96. The fourth-order valence-corrected chi connectivity index (χ4v) is 2.95. The molecule has 3 N–H and O–H groups in total. The van der Waals surface area contributed by atoms with Crippen LogP contribution in [-0.4, -0.2) is 37.9 Å². The minimum Gasteiger partial charge on any atom is -0.471 e. The van der Waals surface area contributed by atoms with Crippen molar-refractivity contribution >= 4 is 11.6 Å². The standard InChI is InChI=1S/C20H21ClF3N3O3/c1-27-12-28-11-17(18(27)25)19(26-10-13-5-7-14(21)8-6-13)29-15-3-2-4-16(9-15)30-20(22,23)24/h2-9,19,26H,10-12,25H2,1H3/t19-/m1/s1. The number of alkyl halides is 3. The van der Waals surface area contributed by atoms with Gasteiger partial charge in [0.05, 0.1) is 12.2 Å². The van der Waals surface area contributed by atoms with Gasteiger partial charge in [0.15, 0.2) is 6.23 Å². The fourth-order valence-electron chi connectivity index (χ4n) is 2.82. The molecule has 6 nitrogen and oxygen atoms in total. The van der Waals surface area contributed by atoms with Crippen LogP contribution in [0, 0.1) is 0 Å². The van der Waals surface area contributed by atoms with Crippen LogP contribution in [0.5, 0.6) is 11.5 Å².